The molecule has 0 unspecified atom stereocenters. The van der Waals surface area contributed by atoms with Crippen LogP contribution in [0.2, 0.25) is 0 Å². The second-order valence-corrected chi connectivity index (χ2v) is 9.33. The maximum Gasteiger partial charge on any atom is 0.293 e. The van der Waals surface area contributed by atoms with E-state index in [0.29, 0.717) is 18.2 Å². The summed E-state index contributed by atoms with van der Waals surface area (Å²) in [6.07, 6.45) is 8.03. The Morgan fingerprint density at radius 2 is 1.88 bits per heavy atom. The smallest absolute Gasteiger partial charge is 0.293 e. The summed E-state index contributed by atoms with van der Waals surface area (Å²) in [5.41, 5.74) is 1.85. The van der Waals surface area contributed by atoms with Gasteiger partial charge in [0.1, 0.15) is 17.2 Å². The molecule has 1 N–H and O–H groups in total. The first-order valence-electron chi connectivity index (χ1n) is 12.2. The van der Waals surface area contributed by atoms with Crippen molar-refractivity contribution in [3.8, 4) is 0 Å². The van der Waals surface area contributed by atoms with Crippen LogP contribution in [0, 0.1) is 11.6 Å². The van der Waals surface area contributed by atoms with Gasteiger partial charge in [0.2, 0.25) is 5.91 Å². The van der Waals surface area contributed by atoms with Gasteiger partial charge in [-0.25, -0.2) is 8.78 Å². The number of amides is 1. The summed E-state index contributed by atoms with van der Waals surface area (Å²) >= 11 is 0. The van der Waals surface area contributed by atoms with Crippen molar-refractivity contribution < 1.29 is 23.1 Å². The maximum absolute atomic E-state index is 14.1. The normalized spacial score (nSPS) is 17.5. The molecule has 0 bridgehead atoms. The maximum atomic E-state index is 14.1. The second-order valence-electron chi connectivity index (χ2n) is 9.33. The largest absolute Gasteiger partial charge is 0.456 e. The van der Waals surface area contributed by atoms with Crippen LogP contribution in [0.1, 0.15) is 69.4 Å². The SMILES string of the molecule is CCN(c1ccc(C2(OC=O)CCC2)cc1NC(=O)Cc1ccc(F)cc1F)C1CCCCC1. The number of ether oxygens (including phenoxy) is 1. The molecule has 4 rings (SSSR count). The minimum Gasteiger partial charge on any atom is -0.456 e. The first kappa shape index (κ1) is 24.2. The second kappa shape index (κ2) is 10.5. The Balaban J connectivity index is 1.65. The van der Waals surface area contributed by atoms with E-state index in [1.807, 2.05) is 18.2 Å². The van der Waals surface area contributed by atoms with E-state index in [4.69, 9.17) is 4.74 Å². The molecule has 34 heavy (non-hydrogen) atoms. The van der Waals surface area contributed by atoms with Crippen molar-refractivity contribution in [3.63, 3.8) is 0 Å². The van der Waals surface area contributed by atoms with Crippen LogP contribution < -0.4 is 10.2 Å². The van der Waals surface area contributed by atoms with Crippen LogP contribution in [0.15, 0.2) is 36.4 Å². The molecule has 7 heteroatoms. The zero-order valence-electron chi connectivity index (χ0n) is 19.6. The molecule has 0 atom stereocenters. The van der Waals surface area contributed by atoms with E-state index in [-0.39, 0.29) is 17.9 Å². The lowest BCUT2D eigenvalue weighted by Crippen LogP contribution is -2.39. The Labute approximate surface area is 199 Å². The van der Waals surface area contributed by atoms with E-state index in [1.54, 1.807) is 0 Å². The van der Waals surface area contributed by atoms with Gasteiger partial charge in [-0.2, -0.15) is 0 Å². The van der Waals surface area contributed by atoms with Crippen molar-refractivity contribution in [3.05, 3.63) is 59.2 Å². The molecule has 2 aromatic rings. The molecule has 5 nitrogen and oxygen atoms in total. The molecule has 0 aromatic heterocycles. The summed E-state index contributed by atoms with van der Waals surface area (Å²) < 4.78 is 32.9. The fourth-order valence-corrected chi connectivity index (χ4v) is 5.28. The molecule has 2 aliphatic carbocycles. The third-order valence-electron chi connectivity index (χ3n) is 7.26. The van der Waals surface area contributed by atoms with Gasteiger partial charge in [-0.15, -0.1) is 0 Å². The first-order valence-corrected chi connectivity index (χ1v) is 12.2. The zero-order chi connectivity index (χ0) is 24.1. The summed E-state index contributed by atoms with van der Waals surface area (Å²) in [6, 6.07) is 9.49. The Morgan fingerprint density at radius 3 is 2.50 bits per heavy atom. The quantitative estimate of drug-likeness (QED) is 0.467. The Hall–Kier alpha value is -2.96. The summed E-state index contributed by atoms with van der Waals surface area (Å²) in [4.78, 5) is 26.4. The minimum absolute atomic E-state index is 0.135. The molecule has 0 heterocycles. The van der Waals surface area contributed by atoms with Gasteiger partial charge in [0.25, 0.3) is 6.47 Å². The predicted octanol–water partition coefficient (Wildman–Crippen LogP) is 5.86. The van der Waals surface area contributed by atoms with Crippen molar-refractivity contribution in [1.29, 1.82) is 0 Å². The number of benzene rings is 2. The third kappa shape index (κ3) is 5.08. The van der Waals surface area contributed by atoms with Gasteiger partial charge in [0.05, 0.1) is 17.8 Å². The Kier molecular flexibility index (Phi) is 7.49. The van der Waals surface area contributed by atoms with Gasteiger partial charge in [-0.3, -0.25) is 9.59 Å². The number of nitrogens with one attached hydrogen (secondary N) is 1. The fourth-order valence-electron chi connectivity index (χ4n) is 5.28. The van der Waals surface area contributed by atoms with Crippen molar-refractivity contribution >= 4 is 23.8 Å². The highest BCUT2D eigenvalue weighted by atomic mass is 19.1. The average Bonchev–Trinajstić information content (AvgIpc) is 2.80. The van der Waals surface area contributed by atoms with Crippen LogP contribution in [0.25, 0.3) is 0 Å². The molecule has 0 saturated heterocycles. The molecule has 182 valence electrons. The van der Waals surface area contributed by atoms with E-state index in [0.717, 1.165) is 62.0 Å². The molecule has 0 aliphatic heterocycles. The van der Waals surface area contributed by atoms with Crippen molar-refractivity contribution in [1.82, 2.24) is 0 Å². The van der Waals surface area contributed by atoms with Gasteiger partial charge in [-0.1, -0.05) is 31.4 Å². The Morgan fingerprint density at radius 1 is 1.12 bits per heavy atom. The zero-order valence-corrected chi connectivity index (χ0v) is 19.6. The summed E-state index contributed by atoms with van der Waals surface area (Å²) in [6.45, 7) is 3.38. The van der Waals surface area contributed by atoms with Crippen LogP contribution >= 0.6 is 0 Å². The molecule has 0 radical (unpaired) electrons. The lowest BCUT2D eigenvalue weighted by molar-refractivity contribution is -0.155. The van der Waals surface area contributed by atoms with Gasteiger partial charge in [-0.05, 0) is 68.4 Å². The average molecular weight is 471 g/mol. The number of hydrogen-bond acceptors (Lipinski definition) is 4. The third-order valence-corrected chi connectivity index (χ3v) is 7.26. The minimum atomic E-state index is -0.741. The van der Waals surface area contributed by atoms with Crippen molar-refractivity contribution in [2.24, 2.45) is 0 Å². The van der Waals surface area contributed by atoms with Crippen LogP contribution in [0.5, 0.6) is 0 Å². The van der Waals surface area contributed by atoms with Crippen molar-refractivity contribution in [2.45, 2.75) is 76.4 Å². The molecular weight excluding hydrogens is 438 g/mol. The summed E-state index contributed by atoms with van der Waals surface area (Å²) in [7, 11) is 0. The van der Waals surface area contributed by atoms with Gasteiger partial charge in [0.15, 0.2) is 0 Å². The number of nitrogens with zero attached hydrogens (tertiary/aromatic N) is 1. The van der Waals surface area contributed by atoms with E-state index >= 15 is 0 Å². The lowest BCUT2D eigenvalue weighted by atomic mass is 9.74. The van der Waals surface area contributed by atoms with Crippen LogP contribution in [-0.4, -0.2) is 25.0 Å². The first-order chi connectivity index (χ1) is 16.5. The van der Waals surface area contributed by atoms with Crippen LogP contribution in [0.3, 0.4) is 0 Å². The number of anilines is 2. The monoisotopic (exact) mass is 470 g/mol. The topological polar surface area (TPSA) is 58.6 Å². The highest BCUT2D eigenvalue weighted by Crippen LogP contribution is 2.46. The number of carbonyl (C=O) groups is 2. The molecule has 2 aliphatic rings. The van der Waals surface area contributed by atoms with Crippen molar-refractivity contribution in [2.75, 3.05) is 16.8 Å². The summed E-state index contributed by atoms with van der Waals surface area (Å²) in [5.74, 6) is -1.81. The highest BCUT2D eigenvalue weighted by Gasteiger charge is 2.41. The number of rotatable bonds is 9. The number of carbonyl (C=O) groups excluding carboxylic acids is 2. The highest BCUT2D eigenvalue weighted by molar-refractivity contribution is 5.96. The molecule has 1 amide bonds. The standard InChI is InChI=1S/C27H32F2N2O3/c1-2-31(22-7-4-3-5-8-22)25-12-10-20(27(34-18-32)13-6-14-27)16-24(25)30-26(33)15-19-9-11-21(28)17-23(19)29/h9-12,16-18,22H,2-8,13-15H2,1H3,(H,30,33). The van der Waals surface area contributed by atoms with E-state index < -0.39 is 17.2 Å². The van der Waals surface area contributed by atoms with E-state index in [9.17, 15) is 18.4 Å². The van der Waals surface area contributed by atoms with E-state index in [2.05, 4.69) is 17.1 Å². The number of halogens is 2. The van der Waals surface area contributed by atoms with Gasteiger partial charge in [0, 0.05) is 18.7 Å². The number of hydrogen-bond donors (Lipinski definition) is 1. The van der Waals surface area contributed by atoms with Gasteiger partial charge < -0.3 is 15.0 Å². The molecule has 0 spiro atoms. The predicted molar refractivity (Wildman–Crippen MR) is 128 cm³/mol. The Bertz CT molecular complexity index is 1030. The summed E-state index contributed by atoms with van der Waals surface area (Å²) in [5, 5.41) is 2.97. The molecule has 2 saturated carbocycles. The molecule has 2 fully saturated rings. The van der Waals surface area contributed by atoms with Crippen LogP contribution in [-0.2, 0) is 26.3 Å². The van der Waals surface area contributed by atoms with Gasteiger partial charge >= 0.3 is 0 Å². The molecular formula is C27H32F2N2O3. The fraction of sp³-hybridized carbons (Fsp3) is 0.481. The lowest BCUT2D eigenvalue weighted by Gasteiger charge is -2.41. The van der Waals surface area contributed by atoms with Crippen LogP contribution in [0.4, 0.5) is 20.2 Å². The van der Waals surface area contributed by atoms with E-state index in [1.165, 1.54) is 25.3 Å². The molecule has 2 aromatic carbocycles.